The molecule has 0 saturated carbocycles. The number of fused-ring (bicyclic) bond motifs is 1. The topological polar surface area (TPSA) is 105 Å². The molecule has 2 heterocycles. The first-order valence-corrected chi connectivity index (χ1v) is 8.82. The highest BCUT2D eigenvalue weighted by Gasteiger charge is 2.28. The van der Waals surface area contributed by atoms with E-state index in [-0.39, 0.29) is 29.8 Å². The van der Waals surface area contributed by atoms with Gasteiger partial charge in [-0.15, -0.1) is 0 Å². The average molecular weight is 392 g/mol. The van der Waals surface area contributed by atoms with E-state index in [0.717, 1.165) is 11.1 Å². The van der Waals surface area contributed by atoms with Gasteiger partial charge in [-0.2, -0.15) is 5.26 Å². The van der Waals surface area contributed by atoms with Crippen molar-refractivity contribution in [3.05, 3.63) is 64.9 Å². The van der Waals surface area contributed by atoms with Crippen molar-refractivity contribution in [2.75, 3.05) is 23.8 Å². The fraction of sp³-hybridized carbons (Fsp3) is 0.100. The Balaban J connectivity index is 1.69. The fourth-order valence-corrected chi connectivity index (χ4v) is 3.35. The zero-order valence-electron chi connectivity index (χ0n) is 14.6. The Morgan fingerprint density at radius 2 is 1.96 bits per heavy atom. The molecular formula is C20H14ClN5O2. The summed E-state index contributed by atoms with van der Waals surface area (Å²) in [6, 6.07) is 14.7. The van der Waals surface area contributed by atoms with Gasteiger partial charge in [0, 0.05) is 11.3 Å². The van der Waals surface area contributed by atoms with Crippen LogP contribution in [0.5, 0.6) is 5.88 Å². The van der Waals surface area contributed by atoms with Gasteiger partial charge < -0.3 is 15.4 Å². The monoisotopic (exact) mass is 391 g/mol. The van der Waals surface area contributed by atoms with Crippen LogP contribution in [0.1, 0.15) is 15.9 Å². The van der Waals surface area contributed by atoms with Crippen LogP contribution in [0.15, 0.2) is 48.8 Å². The number of halogens is 1. The Bertz CT molecular complexity index is 1110. The van der Waals surface area contributed by atoms with Crippen molar-refractivity contribution < 1.29 is 9.53 Å². The third kappa shape index (κ3) is 3.00. The van der Waals surface area contributed by atoms with Gasteiger partial charge >= 0.3 is 0 Å². The van der Waals surface area contributed by atoms with Gasteiger partial charge in [0.2, 0.25) is 5.88 Å². The Labute approximate surface area is 166 Å². The zero-order valence-corrected chi connectivity index (χ0v) is 15.3. The number of carbonyl (C=O) groups excluding carboxylic acids is 1. The van der Waals surface area contributed by atoms with Crippen molar-refractivity contribution in [1.82, 2.24) is 9.97 Å². The number of aromatic nitrogens is 2. The molecule has 0 unspecified atom stereocenters. The normalized spacial score (nSPS) is 13.3. The number of benzene rings is 2. The number of nitrogens with zero attached hydrogens (tertiary/aromatic N) is 4. The SMILES string of the molecule is N#Cc1cccc(-c2ccc(N3CCOc4ncnc(N)c4C3=O)cc2)c1Cl. The number of nitrogen functional groups attached to an aromatic ring is 1. The van der Waals surface area contributed by atoms with E-state index in [1.54, 1.807) is 17.0 Å². The summed E-state index contributed by atoms with van der Waals surface area (Å²) in [6.45, 7) is 0.631. The van der Waals surface area contributed by atoms with E-state index < -0.39 is 0 Å². The van der Waals surface area contributed by atoms with Gasteiger partial charge in [-0.05, 0) is 23.8 Å². The van der Waals surface area contributed by atoms with E-state index >= 15 is 0 Å². The van der Waals surface area contributed by atoms with E-state index in [0.29, 0.717) is 22.8 Å². The molecule has 0 spiro atoms. The average Bonchev–Trinajstić information content (AvgIpc) is 2.88. The van der Waals surface area contributed by atoms with Gasteiger partial charge in [-0.1, -0.05) is 35.9 Å². The minimum absolute atomic E-state index is 0.0821. The molecule has 0 aliphatic carbocycles. The highest BCUT2D eigenvalue weighted by molar-refractivity contribution is 6.34. The lowest BCUT2D eigenvalue weighted by atomic mass is 10.0. The van der Waals surface area contributed by atoms with Crippen LogP contribution in [0.2, 0.25) is 5.02 Å². The van der Waals surface area contributed by atoms with E-state index in [1.807, 2.05) is 30.3 Å². The number of ether oxygens (including phenoxy) is 1. The van der Waals surface area contributed by atoms with Crippen LogP contribution < -0.4 is 15.4 Å². The quantitative estimate of drug-likeness (QED) is 0.718. The maximum Gasteiger partial charge on any atom is 0.267 e. The summed E-state index contributed by atoms with van der Waals surface area (Å²) in [5, 5.41) is 9.55. The second-order valence-electron chi connectivity index (χ2n) is 6.07. The second-order valence-corrected chi connectivity index (χ2v) is 6.45. The molecule has 4 rings (SSSR count). The third-order valence-corrected chi connectivity index (χ3v) is 4.87. The first-order valence-electron chi connectivity index (χ1n) is 8.44. The molecule has 1 aliphatic rings. The van der Waals surface area contributed by atoms with Crippen LogP contribution in [-0.2, 0) is 0 Å². The zero-order chi connectivity index (χ0) is 19.7. The predicted molar refractivity (Wildman–Crippen MR) is 105 cm³/mol. The summed E-state index contributed by atoms with van der Waals surface area (Å²) >= 11 is 6.32. The molecule has 8 heteroatoms. The maximum absolute atomic E-state index is 13.0. The molecule has 2 aromatic carbocycles. The number of anilines is 2. The lowest BCUT2D eigenvalue weighted by Crippen LogP contribution is -2.32. The van der Waals surface area contributed by atoms with Crippen molar-refractivity contribution in [1.29, 1.82) is 5.26 Å². The molecule has 0 saturated heterocycles. The molecule has 2 N–H and O–H groups in total. The van der Waals surface area contributed by atoms with Gasteiger partial charge in [-0.25, -0.2) is 9.97 Å². The Hall–Kier alpha value is -3.63. The van der Waals surface area contributed by atoms with Crippen molar-refractivity contribution >= 4 is 29.0 Å². The largest absolute Gasteiger partial charge is 0.475 e. The Kier molecular flexibility index (Phi) is 4.55. The number of nitrogens with two attached hydrogens (primary N) is 1. The van der Waals surface area contributed by atoms with E-state index in [4.69, 9.17) is 27.3 Å². The molecule has 7 nitrogen and oxygen atoms in total. The van der Waals surface area contributed by atoms with Crippen molar-refractivity contribution in [3.63, 3.8) is 0 Å². The number of rotatable bonds is 2. The smallest absolute Gasteiger partial charge is 0.267 e. The second kappa shape index (κ2) is 7.18. The van der Waals surface area contributed by atoms with Crippen molar-refractivity contribution in [2.24, 2.45) is 0 Å². The maximum atomic E-state index is 13.0. The highest BCUT2D eigenvalue weighted by atomic mass is 35.5. The van der Waals surface area contributed by atoms with E-state index in [9.17, 15) is 4.79 Å². The Morgan fingerprint density at radius 3 is 2.71 bits per heavy atom. The number of hydrogen-bond donors (Lipinski definition) is 1. The summed E-state index contributed by atoms with van der Waals surface area (Å²) in [5.41, 5.74) is 8.71. The molecule has 3 aromatic rings. The van der Waals surface area contributed by atoms with Crippen molar-refractivity contribution in [2.45, 2.75) is 0 Å². The lowest BCUT2D eigenvalue weighted by Gasteiger charge is -2.20. The molecule has 28 heavy (non-hydrogen) atoms. The summed E-state index contributed by atoms with van der Waals surface area (Å²) in [5.74, 6) is -0.0433. The molecule has 0 bridgehead atoms. The van der Waals surface area contributed by atoms with Crippen LogP contribution in [0.25, 0.3) is 11.1 Å². The molecular weight excluding hydrogens is 378 g/mol. The standard InChI is InChI=1S/C20H14ClN5O2/c21-17-13(10-22)2-1-3-15(17)12-4-6-14(7-5-12)26-8-9-28-19-16(20(26)27)18(23)24-11-25-19/h1-7,11H,8-9H2,(H2,23,24,25). The van der Waals surface area contributed by atoms with Gasteiger partial charge in [-0.3, -0.25) is 4.79 Å². The highest BCUT2D eigenvalue weighted by Crippen LogP contribution is 2.33. The van der Waals surface area contributed by atoms with Gasteiger partial charge in [0.1, 0.15) is 30.4 Å². The number of nitriles is 1. The molecule has 1 amide bonds. The predicted octanol–water partition coefficient (Wildman–Crippen LogP) is 3.29. The van der Waals surface area contributed by atoms with E-state index in [1.165, 1.54) is 6.33 Å². The summed E-state index contributed by atoms with van der Waals surface area (Å²) in [7, 11) is 0. The van der Waals surface area contributed by atoms with Crippen LogP contribution in [0.3, 0.4) is 0 Å². The minimum Gasteiger partial charge on any atom is -0.475 e. The van der Waals surface area contributed by atoms with Crippen LogP contribution in [-0.4, -0.2) is 29.0 Å². The third-order valence-electron chi connectivity index (χ3n) is 4.46. The van der Waals surface area contributed by atoms with Crippen LogP contribution in [0, 0.1) is 11.3 Å². The molecule has 0 fully saturated rings. The number of carbonyl (C=O) groups is 1. The molecule has 1 aliphatic heterocycles. The summed E-state index contributed by atoms with van der Waals surface area (Å²) < 4.78 is 5.54. The van der Waals surface area contributed by atoms with Crippen LogP contribution in [0.4, 0.5) is 11.5 Å². The van der Waals surface area contributed by atoms with Crippen LogP contribution >= 0.6 is 11.6 Å². The summed E-state index contributed by atoms with van der Waals surface area (Å²) in [6.07, 6.45) is 1.27. The van der Waals surface area contributed by atoms with E-state index in [2.05, 4.69) is 16.0 Å². The van der Waals surface area contributed by atoms with Gasteiger partial charge in [0.25, 0.3) is 5.91 Å². The fourth-order valence-electron chi connectivity index (χ4n) is 3.07. The molecule has 0 radical (unpaired) electrons. The summed E-state index contributed by atoms with van der Waals surface area (Å²) in [4.78, 5) is 22.4. The molecule has 1 aromatic heterocycles. The lowest BCUT2D eigenvalue weighted by molar-refractivity contribution is 0.0990. The first kappa shape index (κ1) is 17.8. The number of amides is 1. The minimum atomic E-state index is -0.317. The van der Waals surface area contributed by atoms with Crippen molar-refractivity contribution in [3.8, 4) is 23.1 Å². The Morgan fingerprint density at radius 1 is 1.18 bits per heavy atom. The molecule has 138 valence electrons. The first-order chi connectivity index (χ1) is 13.6. The van der Waals surface area contributed by atoms with Gasteiger partial charge in [0.15, 0.2) is 0 Å². The molecule has 0 atom stereocenters. The van der Waals surface area contributed by atoms with Gasteiger partial charge in [0.05, 0.1) is 17.1 Å². The number of hydrogen-bond acceptors (Lipinski definition) is 6.